The first-order valence-electron chi connectivity index (χ1n) is 8.35. The van der Waals surface area contributed by atoms with Gasteiger partial charge in [-0.25, -0.2) is 0 Å². The molecule has 1 aromatic carbocycles. The van der Waals surface area contributed by atoms with Gasteiger partial charge in [0.1, 0.15) is 5.69 Å². The van der Waals surface area contributed by atoms with Crippen molar-refractivity contribution in [3.05, 3.63) is 58.2 Å². The molecular weight excluding hydrogens is 405 g/mol. The summed E-state index contributed by atoms with van der Waals surface area (Å²) in [4.78, 5) is 20.9. The van der Waals surface area contributed by atoms with Crippen molar-refractivity contribution in [1.82, 2.24) is 20.1 Å². The highest BCUT2D eigenvalue weighted by Gasteiger charge is 2.24. The number of benzene rings is 1. The molecule has 6 nitrogen and oxygen atoms in total. The summed E-state index contributed by atoms with van der Waals surface area (Å²) >= 11 is 13.5. The van der Waals surface area contributed by atoms with Gasteiger partial charge in [0.15, 0.2) is 5.01 Å². The summed E-state index contributed by atoms with van der Waals surface area (Å²) in [5, 5.41) is 11.1. The van der Waals surface area contributed by atoms with E-state index in [1.54, 1.807) is 29.3 Å². The fraction of sp³-hybridized carbons (Fsp3) is 0.222. The molecule has 3 heterocycles. The van der Waals surface area contributed by atoms with Crippen LogP contribution in [0.1, 0.15) is 10.4 Å². The van der Waals surface area contributed by atoms with E-state index in [1.165, 1.54) is 11.3 Å². The summed E-state index contributed by atoms with van der Waals surface area (Å²) in [7, 11) is 0. The second-order valence-electron chi connectivity index (χ2n) is 6.04. The zero-order chi connectivity index (χ0) is 18.8. The fourth-order valence-electron chi connectivity index (χ4n) is 2.90. The molecule has 0 saturated carbocycles. The average molecular weight is 420 g/mol. The first-order valence-corrected chi connectivity index (χ1v) is 9.92. The molecule has 0 bridgehead atoms. The number of rotatable bonds is 3. The SMILES string of the molecule is O=C(c1cc(Cl)cc(Cl)c1)N1CCN(c2nnc(-c3ccccn3)s2)CC1. The van der Waals surface area contributed by atoms with Gasteiger partial charge in [-0.1, -0.05) is 40.6 Å². The molecule has 0 spiro atoms. The summed E-state index contributed by atoms with van der Waals surface area (Å²) in [6, 6.07) is 10.6. The third-order valence-electron chi connectivity index (χ3n) is 4.25. The van der Waals surface area contributed by atoms with Crippen LogP contribution in [0.15, 0.2) is 42.6 Å². The van der Waals surface area contributed by atoms with Gasteiger partial charge in [-0.15, -0.1) is 10.2 Å². The van der Waals surface area contributed by atoms with Crippen molar-refractivity contribution in [2.45, 2.75) is 0 Å². The van der Waals surface area contributed by atoms with Crippen molar-refractivity contribution in [1.29, 1.82) is 0 Å². The van der Waals surface area contributed by atoms with Gasteiger partial charge in [0.05, 0.1) is 0 Å². The quantitative estimate of drug-likeness (QED) is 0.644. The zero-order valence-corrected chi connectivity index (χ0v) is 16.5. The van der Waals surface area contributed by atoms with Crippen LogP contribution in [0.3, 0.4) is 0 Å². The van der Waals surface area contributed by atoms with E-state index in [4.69, 9.17) is 23.2 Å². The molecule has 1 aliphatic heterocycles. The second-order valence-corrected chi connectivity index (χ2v) is 7.87. The Morgan fingerprint density at radius 2 is 1.74 bits per heavy atom. The first-order chi connectivity index (χ1) is 13.1. The molecule has 27 heavy (non-hydrogen) atoms. The maximum atomic E-state index is 12.7. The van der Waals surface area contributed by atoms with Crippen LogP contribution in [-0.4, -0.2) is 52.2 Å². The monoisotopic (exact) mass is 419 g/mol. The Labute approximate surface area is 170 Å². The maximum Gasteiger partial charge on any atom is 0.254 e. The largest absolute Gasteiger partial charge is 0.343 e. The highest BCUT2D eigenvalue weighted by Crippen LogP contribution is 2.28. The number of piperazine rings is 1. The number of pyridine rings is 1. The summed E-state index contributed by atoms with van der Waals surface area (Å²) in [6.07, 6.45) is 1.74. The maximum absolute atomic E-state index is 12.7. The van der Waals surface area contributed by atoms with E-state index >= 15 is 0 Å². The molecule has 1 amide bonds. The van der Waals surface area contributed by atoms with Gasteiger partial charge in [-0.05, 0) is 30.3 Å². The van der Waals surface area contributed by atoms with Gasteiger partial charge in [0.25, 0.3) is 5.91 Å². The van der Waals surface area contributed by atoms with Crippen LogP contribution in [0, 0.1) is 0 Å². The standard InChI is InChI=1S/C18H15Cl2N5OS/c19-13-9-12(10-14(20)11-13)17(26)24-5-7-25(8-6-24)18-23-22-16(27-18)15-3-1-2-4-21-15/h1-4,9-11H,5-8H2. The molecule has 0 N–H and O–H groups in total. The van der Waals surface area contributed by atoms with Crippen LogP contribution in [0.4, 0.5) is 5.13 Å². The predicted octanol–water partition coefficient (Wildman–Crippen LogP) is 3.87. The van der Waals surface area contributed by atoms with E-state index in [1.807, 2.05) is 18.2 Å². The van der Waals surface area contributed by atoms with Gasteiger partial charge in [-0.2, -0.15) is 0 Å². The van der Waals surface area contributed by atoms with Crippen molar-refractivity contribution < 1.29 is 4.79 Å². The van der Waals surface area contributed by atoms with E-state index < -0.39 is 0 Å². The molecule has 0 atom stereocenters. The van der Waals surface area contributed by atoms with Gasteiger partial charge in [-0.3, -0.25) is 9.78 Å². The Hall–Kier alpha value is -2.22. The van der Waals surface area contributed by atoms with Gasteiger partial charge in [0, 0.05) is 48.0 Å². The number of carbonyl (C=O) groups is 1. The highest BCUT2D eigenvalue weighted by atomic mass is 35.5. The lowest BCUT2D eigenvalue weighted by molar-refractivity contribution is 0.0746. The van der Waals surface area contributed by atoms with Crippen LogP contribution in [0.5, 0.6) is 0 Å². The van der Waals surface area contributed by atoms with E-state index in [9.17, 15) is 4.79 Å². The smallest absolute Gasteiger partial charge is 0.254 e. The number of anilines is 1. The molecule has 1 fully saturated rings. The minimum absolute atomic E-state index is 0.0644. The molecule has 2 aromatic heterocycles. The van der Waals surface area contributed by atoms with Crippen LogP contribution in [0.2, 0.25) is 10.0 Å². The molecule has 4 rings (SSSR count). The van der Waals surface area contributed by atoms with Crippen molar-refractivity contribution in [2.75, 3.05) is 31.1 Å². The van der Waals surface area contributed by atoms with Crippen LogP contribution < -0.4 is 4.90 Å². The molecule has 3 aromatic rings. The van der Waals surface area contributed by atoms with E-state index in [2.05, 4.69) is 20.1 Å². The van der Waals surface area contributed by atoms with E-state index in [-0.39, 0.29) is 5.91 Å². The summed E-state index contributed by atoms with van der Waals surface area (Å²) < 4.78 is 0. The topological polar surface area (TPSA) is 62.2 Å². The average Bonchev–Trinajstić information content (AvgIpc) is 3.18. The van der Waals surface area contributed by atoms with Crippen LogP contribution >= 0.6 is 34.5 Å². The van der Waals surface area contributed by atoms with Crippen molar-refractivity contribution in [2.24, 2.45) is 0 Å². The second kappa shape index (κ2) is 7.80. The van der Waals surface area contributed by atoms with Crippen molar-refractivity contribution in [3.63, 3.8) is 0 Å². The Morgan fingerprint density at radius 1 is 1.00 bits per heavy atom. The van der Waals surface area contributed by atoms with E-state index in [0.29, 0.717) is 41.8 Å². The molecular formula is C18H15Cl2N5OS. The Bertz CT molecular complexity index is 937. The number of nitrogens with zero attached hydrogens (tertiary/aromatic N) is 5. The third kappa shape index (κ3) is 4.05. The molecule has 1 saturated heterocycles. The fourth-order valence-corrected chi connectivity index (χ4v) is 4.30. The van der Waals surface area contributed by atoms with Crippen molar-refractivity contribution in [3.8, 4) is 10.7 Å². The lowest BCUT2D eigenvalue weighted by atomic mass is 10.2. The Balaban J connectivity index is 1.42. The number of hydrogen-bond acceptors (Lipinski definition) is 6. The number of aromatic nitrogens is 3. The predicted molar refractivity (Wildman–Crippen MR) is 108 cm³/mol. The molecule has 0 aliphatic carbocycles. The van der Waals surface area contributed by atoms with Gasteiger partial charge >= 0.3 is 0 Å². The zero-order valence-electron chi connectivity index (χ0n) is 14.2. The number of carbonyl (C=O) groups excluding carboxylic acids is 1. The Kier molecular flexibility index (Phi) is 5.24. The normalized spacial score (nSPS) is 14.4. The number of hydrogen-bond donors (Lipinski definition) is 0. The summed E-state index contributed by atoms with van der Waals surface area (Å²) in [5.41, 5.74) is 1.32. The van der Waals surface area contributed by atoms with Gasteiger partial charge in [0.2, 0.25) is 5.13 Å². The molecule has 0 unspecified atom stereocenters. The van der Waals surface area contributed by atoms with Gasteiger partial charge < -0.3 is 9.80 Å². The third-order valence-corrected chi connectivity index (χ3v) is 5.69. The summed E-state index contributed by atoms with van der Waals surface area (Å²) in [6.45, 7) is 2.58. The lowest BCUT2D eigenvalue weighted by Crippen LogP contribution is -2.48. The van der Waals surface area contributed by atoms with Crippen LogP contribution in [0.25, 0.3) is 10.7 Å². The molecule has 1 aliphatic rings. The summed E-state index contributed by atoms with van der Waals surface area (Å²) in [5.74, 6) is -0.0644. The minimum Gasteiger partial charge on any atom is -0.343 e. The minimum atomic E-state index is -0.0644. The molecule has 9 heteroatoms. The lowest BCUT2D eigenvalue weighted by Gasteiger charge is -2.34. The number of amides is 1. The Morgan fingerprint density at radius 3 is 2.41 bits per heavy atom. The first kappa shape index (κ1) is 18.2. The molecule has 0 radical (unpaired) electrons. The van der Waals surface area contributed by atoms with Crippen molar-refractivity contribution >= 4 is 45.6 Å². The number of halogens is 2. The molecule has 138 valence electrons. The van der Waals surface area contributed by atoms with E-state index in [0.717, 1.165) is 15.8 Å². The highest BCUT2D eigenvalue weighted by molar-refractivity contribution is 7.18. The van der Waals surface area contributed by atoms with Crippen LogP contribution in [-0.2, 0) is 0 Å².